The maximum atomic E-state index is 12.6. The van der Waals surface area contributed by atoms with Crippen LogP contribution in [0.2, 0.25) is 5.15 Å². The van der Waals surface area contributed by atoms with Crippen LogP contribution in [0.25, 0.3) is 11.0 Å². The molecule has 0 saturated heterocycles. The van der Waals surface area contributed by atoms with Gasteiger partial charge in [-0.2, -0.15) is 0 Å². The fraction of sp³-hybridized carbons (Fsp3) is 0. The van der Waals surface area contributed by atoms with E-state index in [9.17, 15) is 4.21 Å². The van der Waals surface area contributed by atoms with E-state index in [0.717, 1.165) is 9.86 Å². The molecule has 19 heavy (non-hydrogen) atoms. The summed E-state index contributed by atoms with van der Waals surface area (Å²) < 4.78 is 15.0. The van der Waals surface area contributed by atoms with Crippen molar-refractivity contribution in [2.45, 2.75) is 4.90 Å². The Bertz CT molecular complexity index is 773. The van der Waals surface area contributed by atoms with E-state index >= 15 is 0 Å². The highest BCUT2D eigenvalue weighted by Gasteiger charge is 2.16. The van der Waals surface area contributed by atoms with Crippen LogP contribution in [0.5, 0.6) is 0 Å². The summed E-state index contributed by atoms with van der Waals surface area (Å²) in [6, 6.07) is 12.8. The standard InChI is InChI=1S/C13H8BrClN2OS/c14-11-6-7-16-13-10(11)8-12(15)17(13)19(18)9-4-2-1-3-5-9/h1-8H. The van der Waals surface area contributed by atoms with E-state index < -0.39 is 11.0 Å². The summed E-state index contributed by atoms with van der Waals surface area (Å²) in [4.78, 5) is 4.95. The second-order valence-electron chi connectivity index (χ2n) is 3.85. The predicted octanol–water partition coefficient (Wildman–Crippen LogP) is 4.02. The fourth-order valence-electron chi connectivity index (χ4n) is 1.81. The molecular formula is C13H8BrClN2OS. The first-order valence-electron chi connectivity index (χ1n) is 5.47. The van der Waals surface area contributed by atoms with Gasteiger partial charge in [-0.25, -0.2) is 13.2 Å². The Kier molecular flexibility index (Phi) is 3.43. The molecule has 96 valence electrons. The highest BCUT2D eigenvalue weighted by molar-refractivity contribution is 9.10. The van der Waals surface area contributed by atoms with Crippen molar-refractivity contribution >= 4 is 49.5 Å². The third-order valence-corrected chi connectivity index (χ3v) is 5.12. The van der Waals surface area contributed by atoms with E-state index in [0.29, 0.717) is 15.7 Å². The van der Waals surface area contributed by atoms with Gasteiger partial charge in [0.25, 0.3) is 0 Å². The number of aromatic nitrogens is 2. The van der Waals surface area contributed by atoms with E-state index in [2.05, 4.69) is 20.9 Å². The van der Waals surface area contributed by atoms with E-state index in [-0.39, 0.29) is 0 Å². The van der Waals surface area contributed by atoms with Crippen molar-refractivity contribution < 1.29 is 4.21 Å². The van der Waals surface area contributed by atoms with Crippen LogP contribution in [-0.2, 0) is 11.0 Å². The number of fused-ring (bicyclic) bond motifs is 1. The van der Waals surface area contributed by atoms with Gasteiger partial charge in [0.1, 0.15) is 5.15 Å². The molecule has 2 heterocycles. The Hall–Kier alpha value is -1.17. The molecule has 0 radical (unpaired) electrons. The van der Waals surface area contributed by atoms with E-state index in [1.165, 1.54) is 3.97 Å². The summed E-state index contributed by atoms with van der Waals surface area (Å²) in [7, 11) is -1.41. The molecule has 3 rings (SSSR count). The average Bonchev–Trinajstić information content (AvgIpc) is 2.77. The van der Waals surface area contributed by atoms with Gasteiger partial charge in [-0.1, -0.05) is 29.8 Å². The van der Waals surface area contributed by atoms with Crippen molar-refractivity contribution in [2.75, 3.05) is 0 Å². The van der Waals surface area contributed by atoms with Crippen LogP contribution in [0, 0.1) is 0 Å². The highest BCUT2D eigenvalue weighted by atomic mass is 79.9. The monoisotopic (exact) mass is 354 g/mol. The van der Waals surface area contributed by atoms with Crippen LogP contribution in [0.15, 0.2) is 58.0 Å². The zero-order valence-corrected chi connectivity index (χ0v) is 12.7. The van der Waals surface area contributed by atoms with Crippen LogP contribution < -0.4 is 0 Å². The SMILES string of the molecule is O=S(c1ccccc1)n1c(Cl)cc2c(Br)ccnc21. The zero-order chi connectivity index (χ0) is 13.4. The number of nitrogens with zero attached hydrogens (tertiary/aromatic N) is 2. The Morgan fingerprint density at radius 2 is 1.95 bits per heavy atom. The number of pyridine rings is 1. The second-order valence-corrected chi connectivity index (χ2v) is 6.43. The first-order chi connectivity index (χ1) is 9.18. The summed E-state index contributed by atoms with van der Waals surface area (Å²) >= 11 is 9.63. The third-order valence-electron chi connectivity index (χ3n) is 2.68. The largest absolute Gasteiger partial charge is 0.237 e. The van der Waals surface area contributed by atoms with Crippen molar-refractivity contribution in [3.05, 3.63) is 58.3 Å². The lowest BCUT2D eigenvalue weighted by Gasteiger charge is -2.05. The first kappa shape index (κ1) is 12.8. The molecule has 2 aromatic heterocycles. The predicted molar refractivity (Wildman–Crippen MR) is 80.7 cm³/mol. The summed E-state index contributed by atoms with van der Waals surface area (Å²) in [5.74, 6) is 0. The Labute approximate surface area is 125 Å². The highest BCUT2D eigenvalue weighted by Crippen LogP contribution is 2.29. The molecule has 0 saturated carbocycles. The molecule has 0 amide bonds. The lowest BCUT2D eigenvalue weighted by molar-refractivity contribution is 0.678. The van der Waals surface area contributed by atoms with Crippen LogP contribution in [-0.4, -0.2) is 13.2 Å². The molecule has 0 N–H and O–H groups in total. The van der Waals surface area contributed by atoms with Gasteiger partial charge < -0.3 is 0 Å². The van der Waals surface area contributed by atoms with E-state index in [1.807, 2.05) is 24.3 Å². The van der Waals surface area contributed by atoms with Crippen molar-refractivity contribution in [2.24, 2.45) is 0 Å². The minimum absolute atomic E-state index is 0.400. The molecular weight excluding hydrogens is 348 g/mol. The maximum absolute atomic E-state index is 12.6. The van der Waals surface area contributed by atoms with Crippen molar-refractivity contribution in [1.29, 1.82) is 0 Å². The molecule has 1 atom stereocenters. The van der Waals surface area contributed by atoms with Gasteiger partial charge in [0, 0.05) is 16.1 Å². The molecule has 0 aliphatic heterocycles. The van der Waals surface area contributed by atoms with Crippen LogP contribution in [0.1, 0.15) is 0 Å². The third kappa shape index (κ3) is 2.22. The Morgan fingerprint density at radius 3 is 2.68 bits per heavy atom. The van der Waals surface area contributed by atoms with Gasteiger partial charge in [0.05, 0.1) is 4.90 Å². The molecule has 3 nitrogen and oxygen atoms in total. The quantitative estimate of drug-likeness (QED) is 0.696. The lowest BCUT2D eigenvalue weighted by Crippen LogP contribution is -2.05. The molecule has 6 heteroatoms. The maximum Gasteiger partial charge on any atom is 0.159 e. The molecule has 0 aliphatic carbocycles. The molecule has 0 fully saturated rings. The fourth-order valence-corrected chi connectivity index (χ4v) is 3.72. The van der Waals surface area contributed by atoms with Crippen LogP contribution >= 0.6 is 27.5 Å². The van der Waals surface area contributed by atoms with E-state index in [4.69, 9.17) is 11.6 Å². The number of hydrogen-bond acceptors (Lipinski definition) is 2. The van der Waals surface area contributed by atoms with Crippen LogP contribution in [0.4, 0.5) is 0 Å². The van der Waals surface area contributed by atoms with Crippen molar-refractivity contribution in [1.82, 2.24) is 8.96 Å². The van der Waals surface area contributed by atoms with E-state index in [1.54, 1.807) is 24.4 Å². The summed E-state index contributed by atoms with van der Waals surface area (Å²) in [5, 5.41) is 1.24. The summed E-state index contributed by atoms with van der Waals surface area (Å²) in [6.07, 6.45) is 1.65. The van der Waals surface area contributed by atoms with Crippen molar-refractivity contribution in [3.8, 4) is 0 Å². The van der Waals surface area contributed by atoms with Gasteiger partial charge in [0.2, 0.25) is 0 Å². The number of rotatable bonds is 2. The first-order valence-corrected chi connectivity index (χ1v) is 7.75. The molecule has 0 spiro atoms. The van der Waals surface area contributed by atoms with Gasteiger partial charge >= 0.3 is 0 Å². The molecule has 1 aromatic carbocycles. The van der Waals surface area contributed by atoms with Gasteiger partial charge in [-0.15, -0.1) is 0 Å². The second kappa shape index (κ2) is 5.07. The van der Waals surface area contributed by atoms with Gasteiger partial charge in [-0.3, -0.25) is 0 Å². The van der Waals surface area contributed by atoms with Gasteiger partial charge in [0.15, 0.2) is 16.6 Å². The smallest absolute Gasteiger partial charge is 0.159 e. The number of benzene rings is 1. The minimum Gasteiger partial charge on any atom is -0.237 e. The van der Waals surface area contributed by atoms with Gasteiger partial charge in [-0.05, 0) is 40.2 Å². The Morgan fingerprint density at radius 1 is 1.21 bits per heavy atom. The summed E-state index contributed by atoms with van der Waals surface area (Å²) in [6.45, 7) is 0. The normalized spacial score (nSPS) is 12.7. The average molecular weight is 356 g/mol. The zero-order valence-electron chi connectivity index (χ0n) is 9.59. The van der Waals surface area contributed by atoms with Crippen LogP contribution in [0.3, 0.4) is 0 Å². The van der Waals surface area contributed by atoms with Crippen molar-refractivity contribution in [3.63, 3.8) is 0 Å². The summed E-state index contributed by atoms with van der Waals surface area (Å²) in [5.41, 5.74) is 0.599. The minimum atomic E-state index is -1.41. The molecule has 1 unspecified atom stereocenters. The number of halogens is 2. The number of hydrogen-bond donors (Lipinski definition) is 0. The molecule has 0 aliphatic rings. The lowest BCUT2D eigenvalue weighted by atomic mass is 10.3. The molecule has 0 bridgehead atoms. The molecule has 3 aromatic rings. The topological polar surface area (TPSA) is 34.9 Å². The Balaban J connectivity index is 2.24.